The first-order valence-corrected chi connectivity index (χ1v) is 8.17. The van der Waals surface area contributed by atoms with Gasteiger partial charge < -0.3 is 9.42 Å². The second kappa shape index (κ2) is 6.33. The van der Waals surface area contributed by atoms with Crippen LogP contribution in [0.25, 0.3) is 11.5 Å². The molecule has 1 unspecified atom stereocenters. The van der Waals surface area contributed by atoms with Crippen LogP contribution in [0.5, 0.6) is 0 Å². The van der Waals surface area contributed by atoms with Gasteiger partial charge in [-0.25, -0.2) is 8.78 Å². The Labute approximate surface area is 148 Å². The Kier molecular flexibility index (Phi) is 3.99. The van der Waals surface area contributed by atoms with Gasteiger partial charge in [-0.15, -0.1) is 0 Å². The number of amides is 1. The first-order valence-electron chi connectivity index (χ1n) is 8.17. The second-order valence-electron chi connectivity index (χ2n) is 6.32. The molecule has 0 N–H and O–H groups in total. The Balaban J connectivity index is 1.58. The van der Waals surface area contributed by atoms with E-state index in [9.17, 15) is 13.6 Å². The molecular formula is C19H15F2N3O2. The number of halogens is 2. The molecule has 1 aliphatic heterocycles. The number of nitrogens with zero attached hydrogens (tertiary/aromatic N) is 3. The minimum Gasteiger partial charge on any atom is -0.334 e. The minimum atomic E-state index is -0.648. The Morgan fingerprint density at radius 1 is 1.15 bits per heavy atom. The minimum absolute atomic E-state index is 0.0397. The van der Waals surface area contributed by atoms with Crippen LogP contribution in [0.15, 0.2) is 47.0 Å². The normalized spacial score (nSPS) is 17.1. The monoisotopic (exact) mass is 355 g/mol. The highest BCUT2D eigenvalue weighted by molar-refractivity contribution is 5.96. The summed E-state index contributed by atoms with van der Waals surface area (Å²) in [4.78, 5) is 18.2. The fourth-order valence-electron chi connectivity index (χ4n) is 3.03. The lowest BCUT2D eigenvalue weighted by Gasteiger charge is -2.16. The number of carbonyl (C=O) groups is 1. The molecule has 26 heavy (non-hydrogen) atoms. The van der Waals surface area contributed by atoms with Gasteiger partial charge in [0.1, 0.15) is 11.6 Å². The van der Waals surface area contributed by atoms with Gasteiger partial charge in [-0.05, 0) is 37.3 Å². The summed E-state index contributed by atoms with van der Waals surface area (Å²) in [5, 5.41) is 3.87. The van der Waals surface area contributed by atoms with Crippen molar-refractivity contribution in [3.8, 4) is 11.5 Å². The van der Waals surface area contributed by atoms with Crippen LogP contribution in [0.3, 0.4) is 0 Å². The summed E-state index contributed by atoms with van der Waals surface area (Å²) in [5.74, 6) is -1.34. The number of anilines is 1. The standard InChI is InChI=1S/C19H15F2N3O2/c1-11-2-5-14(6-3-11)24-10-12(8-17(24)25)18-22-19(26-23-18)15-9-13(20)4-7-16(15)21/h2-7,9,12H,8,10H2,1H3. The predicted molar refractivity (Wildman–Crippen MR) is 90.5 cm³/mol. The molecule has 1 amide bonds. The summed E-state index contributed by atoms with van der Waals surface area (Å²) in [7, 11) is 0. The average molecular weight is 355 g/mol. The van der Waals surface area contributed by atoms with Crippen LogP contribution in [0.2, 0.25) is 0 Å². The van der Waals surface area contributed by atoms with E-state index in [-0.39, 0.29) is 29.7 Å². The highest BCUT2D eigenvalue weighted by Crippen LogP contribution is 2.32. The summed E-state index contributed by atoms with van der Waals surface area (Å²) in [6.07, 6.45) is 0.235. The van der Waals surface area contributed by atoms with Crippen LogP contribution in [-0.2, 0) is 4.79 Å². The maximum absolute atomic E-state index is 13.9. The van der Waals surface area contributed by atoms with Crippen LogP contribution >= 0.6 is 0 Å². The summed E-state index contributed by atoms with van der Waals surface area (Å²) in [6, 6.07) is 10.7. The maximum Gasteiger partial charge on any atom is 0.261 e. The van der Waals surface area contributed by atoms with Crippen LogP contribution < -0.4 is 4.90 Å². The number of hydrogen-bond donors (Lipinski definition) is 0. The molecule has 2 aromatic carbocycles. The molecule has 2 heterocycles. The number of rotatable bonds is 3. The molecule has 0 radical (unpaired) electrons. The molecule has 7 heteroatoms. The summed E-state index contributed by atoms with van der Waals surface area (Å²) in [5.41, 5.74) is 1.82. The van der Waals surface area contributed by atoms with E-state index in [2.05, 4.69) is 10.1 Å². The van der Waals surface area contributed by atoms with Gasteiger partial charge in [0.05, 0.1) is 5.56 Å². The lowest BCUT2D eigenvalue weighted by Crippen LogP contribution is -2.24. The largest absolute Gasteiger partial charge is 0.334 e. The molecule has 0 aliphatic carbocycles. The summed E-state index contributed by atoms with van der Waals surface area (Å²) >= 11 is 0. The van der Waals surface area contributed by atoms with E-state index in [0.717, 1.165) is 29.4 Å². The van der Waals surface area contributed by atoms with Gasteiger partial charge in [0.15, 0.2) is 5.82 Å². The number of hydrogen-bond acceptors (Lipinski definition) is 4. The Hall–Kier alpha value is -3.09. The van der Waals surface area contributed by atoms with Crippen molar-refractivity contribution in [3.05, 3.63) is 65.5 Å². The maximum atomic E-state index is 13.9. The molecule has 1 aliphatic rings. The molecule has 3 aromatic rings. The van der Waals surface area contributed by atoms with Gasteiger partial charge in [0.25, 0.3) is 5.89 Å². The van der Waals surface area contributed by atoms with E-state index in [1.165, 1.54) is 0 Å². The zero-order valence-corrected chi connectivity index (χ0v) is 13.9. The van der Waals surface area contributed by atoms with Gasteiger partial charge in [0.2, 0.25) is 5.91 Å². The smallest absolute Gasteiger partial charge is 0.261 e. The number of aromatic nitrogens is 2. The third-order valence-electron chi connectivity index (χ3n) is 4.44. The topological polar surface area (TPSA) is 59.2 Å². The molecule has 1 saturated heterocycles. The van der Waals surface area contributed by atoms with Gasteiger partial charge in [-0.3, -0.25) is 4.79 Å². The quantitative estimate of drug-likeness (QED) is 0.716. The van der Waals surface area contributed by atoms with Crippen LogP contribution in [-0.4, -0.2) is 22.6 Å². The van der Waals surface area contributed by atoms with E-state index >= 15 is 0 Å². The second-order valence-corrected chi connectivity index (χ2v) is 6.32. The first-order chi connectivity index (χ1) is 12.5. The van der Waals surface area contributed by atoms with Crippen molar-refractivity contribution >= 4 is 11.6 Å². The predicted octanol–water partition coefficient (Wildman–Crippen LogP) is 3.84. The van der Waals surface area contributed by atoms with Gasteiger partial charge >= 0.3 is 0 Å². The van der Waals surface area contributed by atoms with E-state index in [1.54, 1.807) is 4.90 Å². The SMILES string of the molecule is Cc1ccc(N2CC(c3noc(-c4cc(F)ccc4F)n3)CC2=O)cc1. The fraction of sp³-hybridized carbons (Fsp3) is 0.211. The summed E-state index contributed by atoms with van der Waals surface area (Å²) < 4.78 is 32.3. The van der Waals surface area contributed by atoms with E-state index in [0.29, 0.717) is 12.4 Å². The van der Waals surface area contributed by atoms with E-state index in [4.69, 9.17) is 4.52 Å². The Morgan fingerprint density at radius 2 is 1.92 bits per heavy atom. The van der Waals surface area contributed by atoms with Crippen LogP contribution in [0.4, 0.5) is 14.5 Å². The average Bonchev–Trinajstić information content (AvgIpc) is 3.25. The van der Waals surface area contributed by atoms with Crippen molar-refractivity contribution in [1.82, 2.24) is 10.1 Å². The molecule has 1 aromatic heterocycles. The molecular weight excluding hydrogens is 340 g/mol. The van der Waals surface area contributed by atoms with Crippen molar-refractivity contribution in [2.24, 2.45) is 0 Å². The number of benzene rings is 2. The molecule has 0 saturated carbocycles. The Morgan fingerprint density at radius 3 is 2.69 bits per heavy atom. The summed E-state index contributed by atoms with van der Waals surface area (Å²) in [6.45, 7) is 2.39. The highest BCUT2D eigenvalue weighted by atomic mass is 19.1. The van der Waals surface area contributed by atoms with E-state index in [1.807, 2.05) is 31.2 Å². The molecule has 132 valence electrons. The zero-order valence-electron chi connectivity index (χ0n) is 13.9. The van der Waals surface area contributed by atoms with Crippen molar-refractivity contribution < 1.29 is 18.1 Å². The zero-order chi connectivity index (χ0) is 18.3. The Bertz CT molecular complexity index is 969. The van der Waals surface area contributed by atoms with Crippen molar-refractivity contribution in [2.45, 2.75) is 19.3 Å². The van der Waals surface area contributed by atoms with Crippen molar-refractivity contribution in [1.29, 1.82) is 0 Å². The number of aryl methyl sites for hydroxylation is 1. The van der Waals surface area contributed by atoms with E-state index < -0.39 is 11.6 Å². The lowest BCUT2D eigenvalue weighted by atomic mass is 10.1. The molecule has 5 nitrogen and oxygen atoms in total. The van der Waals surface area contributed by atoms with Gasteiger partial charge in [-0.2, -0.15) is 4.98 Å². The molecule has 0 bridgehead atoms. The highest BCUT2D eigenvalue weighted by Gasteiger charge is 2.34. The van der Waals surface area contributed by atoms with Gasteiger partial charge in [0, 0.05) is 24.6 Å². The number of carbonyl (C=O) groups excluding carboxylic acids is 1. The third kappa shape index (κ3) is 2.96. The molecule has 1 fully saturated rings. The molecule has 0 spiro atoms. The molecule has 1 atom stereocenters. The first kappa shape index (κ1) is 16.4. The molecule has 4 rings (SSSR count). The third-order valence-corrected chi connectivity index (χ3v) is 4.44. The van der Waals surface area contributed by atoms with Crippen molar-refractivity contribution in [3.63, 3.8) is 0 Å². The fourth-order valence-corrected chi connectivity index (χ4v) is 3.03. The van der Waals surface area contributed by atoms with Crippen molar-refractivity contribution in [2.75, 3.05) is 11.4 Å². The lowest BCUT2D eigenvalue weighted by molar-refractivity contribution is -0.117. The van der Waals surface area contributed by atoms with Crippen LogP contribution in [0, 0.1) is 18.6 Å². The van der Waals surface area contributed by atoms with Crippen LogP contribution in [0.1, 0.15) is 23.7 Å². The van der Waals surface area contributed by atoms with Gasteiger partial charge in [-0.1, -0.05) is 22.9 Å².